The first-order valence-electron chi connectivity index (χ1n) is 12.1. The Morgan fingerprint density at radius 2 is 1.76 bits per heavy atom. The van der Waals surface area contributed by atoms with Gasteiger partial charge in [-0.3, -0.25) is 4.79 Å². The van der Waals surface area contributed by atoms with Crippen LogP contribution in [0.3, 0.4) is 0 Å². The van der Waals surface area contributed by atoms with E-state index in [2.05, 4.69) is 30.6 Å². The summed E-state index contributed by atoms with van der Waals surface area (Å²) in [5.74, 6) is 2.29. The van der Waals surface area contributed by atoms with Crippen molar-refractivity contribution in [3.63, 3.8) is 0 Å². The molecular formula is C26H25N9O2. The molecule has 0 radical (unpaired) electrons. The molecule has 2 aromatic carbocycles. The fourth-order valence-corrected chi connectivity index (χ4v) is 4.57. The zero-order valence-electron chi connectivity index (χ0n) is 20.3. The van der Waals surface area contributed by atoms with Crippen molar-refractivity contribution >= 4 is 17.4 Å². The van der Waals surface area contributed by atoms with E-state index < -0.39 is 0 Å². The number of hydrogen-bond donors (Lipinski definition) is 1. The van der Waals surface area contributed by atoms with E-state index in [1.807, 2.05) is 70.2 Å². The Morgan fingerprint density at radius 1 is 0.973 bits per heavy atom. The number of amides is 1. The zero-order chi connectivity index (χ0) is 25.2. The van der Waals surface area contributed by atoms with Gasteiger partial charge in [-0.2, -0.15) is 9.61 Å². The fourth-order valence-electron chi connectivity index (χ4n) is 4.57. The average Bonchev–Trinajstić information content (AvgIpc) is 3.62. The van der Waals surface area contributed by atoms with Crippen LogP contribution < -0.4 is 9.64 Å². The first-order chi connectivity index (χ1) is 18.2. The smallest absolute Gasteiger partial charge is 0.219 e. The molecule has 0 saturated carbocycles. The Balaban J connectivity index is 1.35. The van der Waals surface area contributed by atoms with Crippen LogP contribution >= 0.6 is 0 Å². The number of hydrogen-bond acceptors (Lipinski definition) is 8. The van der Waals surface area contributed by atoms with E-state index >= 15 is 0 Å². The van der Waals surface area contributed by atoms with E-state index in [-0.39, 0.29) is 5.91 Å². The van der Waals surface area contributed by atoms with Crippen molar-refractivity contribution < 1.29 is 9.53 Å². The van der Waals surface area contributed by atoms with Gasteiger partial charge in [-0.05, 0) is 33.7 Å². The molecule has 37 heavy (non-hydrogen) atoms. The van der Waals surface area contributed by atoms with Crippen molar-refractivity contribution in [3.8, 4) is 28.3 Å². The standard InChI is InChI=1S/C26H25N9O2/c1-18(36)33-11-13-34(14-12-33)26-22(15-27-25-23(16-28-35(25)26)24-29-31-32-30-24)20-7-9-21(10-8-20)37-17-19-5-3-2-4-6-19/h2-10,15-16H,11-14,17H2,1H3,(H,29,30,31,32). The highest BCUT2D eigenvalue weighted by atomic mass is 16.5. The van der Waals surface area contributed by atoms with E-state index in [0.717, 1.165) is 28.3 Å². The number of nitrogens with one attached hydrogen (secondary N) is 1. The van der Waals surface area contributed by atoms with Gasteiger partial charge in [0.25, 0.3) is 0 Å². The topological polar surface area (TPSA) is 117 Å². The summed E-state index contributed by atoms with van der Waals surface area (Å²) in [5, 5.41) is 18.8. The summed E-state index contributed by atoms with van der Waals surface area (Å²) in [6.45, 7) is 4.77. The second-order valence-corrected chi connectivity index (χ2v) is 8.83. The summed E-state index contributed by atoms with van der Waals surface area (Å²) < 4.78 is 7.81. The number of H-pyrrole nitrogens is 1. The van der Waals surface area contributed by atoms with E-state index in [1.54, 1.807) is 13.1 Å². The Kier molecular flexibility index (Phi) is 5.93. The van der Waals surface area contributed by atoms with E-state index in [1.165, 1.54) is 0 Å². The molecule has 11 heteroatoms. The van der Waals surface area contributed by atoms with Gasteiger partial charge in [-0.25, -0.2) is 10.1 Å². The molecule has 0 bridgehead atoms. The first-order valence-corrected chi connectivity index (χ1v) is 12.1. The number of tetrazole rings is 1. The monoisotopic (exact) mass is 495 g/mol. The molecule has 11 nitrogen and oxygen atoms in total. The SMILES string of the molecule is CC(=O)N1CCN(c2c(-c3ccc(OCc4ccccc4)cc3)cnc3c(-c4nnn[nH]4)cnn23)CC1. The number of benzene rings is 2. The van der Waals surface area contributed by atoms with Gasteiger partial charge in [0.15, 0.2) is 11.5 Å². The van der Waals surface area contributed by atoms with Crippen LogP contribution in [0.4, 0.5) is 5.82 Å². The van der Waals surface area contributed by atoms with Crippen molar-refractivity contribution in [3.05, 3.63) is 72.6 Å². The number of anilines is 1. The maximum absolute atomic E-state index is 11.9. The van der Waals surface area contributed by atoms with Gasteiger partial charge in [0.05, 0.1) is 11.8 Å². The molecule has 1 N–H and O–H groups in total. The maximum Gasteiger partial charge on any atom is 0.219 e. The molecule has 4 heterocycles. The summed E-state index contributed by atoms with van der Waals surface area (Å²) in [6, 6.07) is 18.1. The predicted octanol–water partition coefficient (Wildman–Crippen LogP) is 2.82. The van der Waals surface area contributed by atoms with Gasteiger partial charge in [0, 0.05) is 44.9 Å². The number of piperazine rings is 1. The third kappa shape index (κ3) is 4.46. The first kappa shape index (κ1) is 22.7. The number of carbonyl (C=O) groups excluding carboxylic acids is 1. The summed E-state index contributed by atoms with van der Waals surface area (Å²) in [6.07, 6.45) is 3.57. The van der Waals surface area contributed by atoms with Gasteiger partial charge in [0.1, 0.15) is 18.2 Å². The Morgan fingerprint density at radius 3 is 2.46 bits per heavy atom. The van der Waals surface area contributed by atoms with Crippen molar-refractivity contribution in [1.82, 2.24) is 40.1 Å². The number of rotatable bonds is 6. The lowest BCUT2D eigenvalue weighted by Crippen LogP contribution is -2.48. The quantitative estimate of drug-likeness (QED) is 0.382. The van der Waals surface area contributed by atoms with Crippen LogP contribution in [-0.4, -0.2) is 72.2 Å². The van der Waals surface area contributed by atoms with Crippen molar-refractivity contribution in [2.24, 2.45) is 0 Å². The minimum Gasteiger partial charge on any atom is -0.489 e. The normalized spacial score (nSPS) is 13.8. The molecule has 3 aromatic heterocycles. The van der Waals surface area contributed by atoms with Crippen LogP contribution in [0.1, 0.15) is 12.5 Å². The van der Waals surface area contributed by atoms with Gasteiger partial charge < -0.3 is 14.5 Å². The lowest BCUT2D eigenvalue weighted by Gasteiger charge is -2.36. The molecule has 1 saturated heterocycles. The molecule has 0 atom stereocenters. The number of carbonyl (C=O) groups is 1. The summed E-state index contributed by atoms with van der Waals surface area (Å²) >= 11 is 0. The van der Waals surface area contributed by atoms with Crippen LogP contribution in [0, 0.1) is 0 Å². The zero-order valence-corrected chi connectivity index (χ0v) is 20.3. The molecular weight excluding hydrogens is 470 g/mol. The Labute approximate surface area is 212 Å². The van der Waals surface area contributed by atoms with Gasteiger partial charge in [0.2, 0.25) is 5.91 Å². The van der Waals surface area contributed by atoms with Crippen molar-refractivity contribution in [2.45, 2.75) is 13.5 Å². The Hall–Kier alpha value is -4.80. The van der Waals surface area contributed by atoms with Crippen molar-refractivity contribution in [1.29, 1.82) is 0 Å². The van der Waals surface area contributed by atoms with Crippen LogP contribution in [0.2, 0.25) is 0 Å². The second-order valence-electron chi connectivity index (χ2n) is 8.83. The van der Waals surface area contributed by atoms with Crippen LogP contribution in [0.5, 0.6) is 5.75 Å². The Bertz CT molecular complexity index is 1510. The highest BCUT2D eigenvalue weighted by Crippen LogP contribution is 2.34. The van der Waals surface area contributed by atoms with Crippen LogP contribution in [0.15, 0.2) is 67.0 Å². The highest BCUT2D eigenvalue weighted by Gasteiger charge is 2.25. The number of ether oxygens (including phenoxy) is 1. The predicted molar refractivity (Wildman–Crippen MR) is 137 cm³/mol. The van der Waals surface area contributed by atoms with E-state index in [9.17, 15) is 4.79 Å². The molecule has 5 aromatic rings. The number of aromatic nitrogens is 7. The van der Waals surface area contributed by atoms with E-state index in [0.29, 0.717) is 49.8 Å². The number of nitrogens with zero attached hydrogens (tertiary/aromatic N) is 8. The van der Waals surface area contributed by atoms with Crippen LogP contribution in [0.25, 0.3) is 28.2 Å². The molecule has 6 rings (SSSR count). The third-order valence-electron chi connectivity index (χ3n) is 6.54. The molecule has 0 unspecified atom stereocenters. The molecule has 0 aliphatic carbocycles. The molecule has 186 valence electrons. The van der Waals surface area contributed by atoms with Gasteiger partial charge in [-0.15, -0.1) is 5.10 Å². The molecule has 1 aliphatic heterocycles. The van der Waals surface area contributed by atoms with Gasteiger partial charge in [-0.1, -0.05) is 42.5 Å². The average molecular weight is 496 g/mol. The minimum absolute atomic E-state index is 0.0880. The summed E-state index contributed by atoms with van der Waals surface area (Å²) in [5.41, 5.74) is 4.40. The lowest BCUT2D eigenvalue weighted by atomic mass is 10.1. The molecule has 1 amide bonds. The molecule has 1 fully saturated rings. The van der Waals surface area contributed by atoms with Gasteiger partial charge >= 0.3 is 0 Å². The summed E-state index contributed by atoms with van der Waals surface area (Å²) in [7, 11) is 0. The summed E-state index contributed by atoms with van der Waals surface area (Å²) in [4.78, 5) is 20.7. The largest absolute Gasteiger partial charge is 0.489 e. The molecule has 0 spiro atoms. The van der Waals surface area contributed by atoms with E-state index in [4.69, 9.17) is 9.72 Å². The number of aromatic amines is 1. The maximum atomic E-state index is 11.9. The van der Waals surface area contributed by atoms with Crippen LogP contribution in [-0.2, 0) is 11.4 Å². The highest BCUT2D eigenvalue weighted by molar-refractivity contribution is 5.82. The molecule has 1 aliphatic rings. The van der Waals surface area contributed by atoms with Crippen molar-refractivity contribution in [2.75, 3.05) is 31.1 Å². The second kappa shape index (κ2) is 9.69. The minimum atomic E-state index is 0.0880. The fraction of sp³-hybridized carbons (Fsp3) is 0.231. The third-order valence-corrected chi connectivity index (χ3v) is 6.54. The lowest BCUT2D eigenvalue weighted by molar-refractivity contribution is -0.129. The number of fused-ring (bicyclic) bond motifs is 1.